The van der Waals surface area contributed by atoms with Gasteiger partial charge < -0.3 is 19.4 Å². The molecule has 0 unspecified atom stereocenters. The van der Waals surface area contributed by atoms with Gasteiger partial charge in [-0.15, -0.1) is 0 Å². The van der Waals surface area contributed by atoms with Crippen molar-refractivity contribution in [2.24, 2.45) is 0 Å². The SMILES string of the molecule is COc1ccc(-c2c(Nc3cn(COCC[Si](C)(C)C)cn3)nc3c(-c4ccccc4)c(-c4ccccc4)[nH]n3c2=O)cc1. The number of benzene rings is 3. The number of rotatable bonds is 11. The Hall–Kier alpha value is -4.93. The number of nitrogens with one attached hydrogen (secondary N) is 2. The van der Waals surface area contributed by atoms with Crippen LogP contribution in [0.1, 0.15) is 0 Å². The number of hydrogen-bond acceptors (Lipinski definition) is 6. The highest BCUT2D eigenvalue weighted by molar-refractivity contribution is 6.76. The molecule has 6 rings (SSSR count). The van der Waals surface area contributed by atoms with E-state index in [0.717, 1.165) is 28.4 Å². The van der Waals surface area contributed by atoms with Crippen molar-refractivity contribution in [2.75, 3.05) is 19.0 Å². The number of anilines is 2. The number of aromatic amines is 1. The van der Waals surface area contributed by atoms with Gasteiger partial charge in [0.2, 0.25) is 0 Å². The van der Waals surface area contributed by atoms with Crippen LogP contribution in [-0.4, -0.2) is 45.9 Å². The van der Waals surface area contributed by atoms with Crippen LogP contribution in [0.3, 0.4) is 0 Å². The molecule has 0 saturated heterocycles. The maximum absolute atomic E-state index is 14.4. The van der Waals surface area contributed by atoms with E-state index in [4.69, 9.17) is 14.5 Å². The molecule has 44 heavy (non-hydrogen) atoms. The fourth-order valence-electron chi connectivity index (χ4n) is 5.04. The molecule has 10 heteroatoms. The zero-order valence-corrected chi connectivity index (χ0v) is 26.4. The summed E-state index contributed by atoms with van der Waals surface area (Å²) < 4.78 is 14.7. The number of H-pyrrole nitrogens is 1. The van der Waals surface area contributed by atoms with Crippen molar-refractivity contribution in [2.45, 2.75) is 32.4 Å². The predicted octanol–water partition coefficient (Wildman–Crippen LogP) is 7.28. The molecular formula is C34H36N6O3Si. The fourth-order valence-corrected chi connectivity index (χ4v) is 5.79. The standard InChI is InChI=1S/C34H36N6O3Si/c1-42-27-17-15-25(16-18-27)30-32(36-28-21-39(22-35-28)23-43-19-20-44(2,3)4)37-33-29(24-11-7-5-8-12-24)31(38-40(33)34(30)41)26-13-9-6-10-14-26/h5-18,21-22,36,38H,19-20,23H2,1-4H3. The number of fused-ring (bicyclic) bond motifs is 1. The topological polar surface area (TPSA) is 98.5 Å². The van der Waals surface area contributed by atoms with Crippen molar-refractivity contribution in [1.29, 1.82) is 0 Å². The summed E-state index contributed by atoms with van der Waals surface area (Å²) in [5, 5.41) is 6.72. The van der Waals surface area contributed by atoms with Crippen LogP contribution in [0.4, 0.5) is 11.6 Å². The second kappa shape index (κ2) is 12.4. The minimum Gasteiger partial charge on any atom is -0.497 e. The van der Waals surface area contributed by atoms with E-state index in [2.05, 4.69) is 35.0 Å². The number of hydrogen-bond donors (Lipinski definition) is 2. The Morgan fingerprint density at radius 3 is 2.18 bits per heavy atom. The highest BCUT2D eigenvalue weighted by Crippen LogP contribution is 2.36. The zero-order chi connectivity index (χ0) is 30.7. The van der Waals surface area contributed by atoms with E-state index in [1.54, 1.807) is 13.4 Å². The molecule has 0 atom stereocenters. The molecule has 0 bridgehead atoms. The Morgan fingerprint density at radius 1 is 0.864 bits per heavy atom. The van der Waals surface area contributed by atoms with E-state index in [1.807, 2.05) is 95.7 Å². The maximum atomic E-state index is 14.4. The maximum Gasteiger partial charge on any atom is 0.282 e. The van der Waals surface area contributed by atoms with Crippen LogP contribution in [0.2, 0.25) is 25.7 Å². The molecule has 2 N–H and O–H groups in total. The average molecular weight is 605 g/mol. The van der Waals surface area contributed by atoms with Crippen LogP contribution in [0.25, 0.3) is 39.2 Å². The highest BCUT2D eigenvalue weighted by Gasteiger charge is 2.23. The monoisotopic (exact) mass is 604 g/mol. The van der Waals surface area contributed by atoms with Crippen LogP contribution < -0.4 is 15.6 Å². The molecule has 224 valence electrons. The van der Waals surface area contributed by atoms with E-state index in [0.29, 0.717) is 47.5 Å². The van der Waals surface area contributed by atoms with E-state index >= 15 is 0 Å². The highest BCUT2D eigenvalue weighted by atomic mass is 28.3. The number of nitrogens with zero attached hydrogens (tertiary/aromatic N) is 4. The van der Waals surface area contributed by atoms with Gasteiger partial charge in [-0.05, 0) is 29.3 Å². The van der Waals surface area contributed by atoms with Crippen LogP contribution in [0.5, 0.6) is 5.75 Å². The first-order chi connectivity index (χ1) is 21.3. The van der Waals surface area contributed by atoms with Gasteiger partial charge in [-0.1, -0.05) is 92.4 Å². The Labute approximate surface area is 257 Å². The van der Waals surface area contributed by atoms with Gasteiger partial charge in [0, 0.05) is 20.2 Å². The van der Waals surface area contributed by atoms with Crippen molar-refractivity contribution in [3.05, 3.63) is 108 Å². The molecule has 9 nitrogen and oxygen atoms in total. The fraction of sp³-hybridized carbons (Fsp3) is 0.206. The molecule has 0 radical (unpaired) electrons. The summed E-state index contributed by atoms with van der Waals surface area (Å²) >= 11 is 0. The summed E-state index contributed by atoms with van der Waals surface area (Å²) in [5.41, 5.74) is 4.91. The van der Waals surface area contributed by atoms with Gasteiger partial charge in [0.05, 0.1) is 36.5 Å². The van der Waals surface area contributed by atoms with Crippen molar-refractivity contribution >= 4 is 25.4 Å². The van der Waals surface area contributed by atoms with Gasteiger partial charge in [-0.2, -0.15) is 4.52 Å². The molecule has 0 amide bonds. The van der Waals surface area contributed by atoms with E-state index in [9.17, 15) is 4.79 Å². The second-order valence-corrected chi connectivity index (χ2v) is 17.5. The van der Waals surface area contributed by atoms with Crippen molar-refractivity contribution in [1.82, 2.24) is 24.1 Å². The van der Waals surface area contributed by atoms with Crippen LogP contribution >= 0.6 is 0 Å². The molecule has 3 aromatic heterocycles. The summed E-state index contributed by atoms with van der Waals surface area (Å²) in [6, 6.07) is 28.4. The average Bonchev–Trinajstić information content (AvgIpc) is 3.65. The Morgan fingerprint density at radius 2 is 1.52 bits per heavy atom. The Balaban J connectivity index is 1.47. The first-order valence-electron chi connectivity index (χ1n) is 14.6. The lowest BCUT2D eigenvalue weighted by Gasteiger charge is -2.15. The minimum absolute atomic E-state index is 0.240. The molecule has 0 aliphatic carbocycles. The van der Waals surface area contributed by atoms with Gasteiger partial charge in [-0.3, -0.25) is 9.89 Å². The van der Waals surface area contributed by atoms with Crippen molar-refractivity contribution < 1.29 is 9.47 Å². The molecule has 3 heterocycles. The van der Waals surface area contributed by atoms with E-state index < -0.39 is 8.07 Å². The molecule has 0 aliphatic heterocycles. The summed E-state index contributed by atoms with van der Waals surface area (Å²) in [4.78, 5) is 24.0. The largest absolute Gasteiger partial charge is 0.497 e. The Kier molecular flexibility index (Phi) is 8.19. The molecule has 0 spiro atoms. The van der Waals surface area contributed by atoms with Crippen LogP contribution in [0.15, 0.2) is 102 Å². The van der Waals surface area contributed by atoms with Gasteiger partial charge in [0.15, 0.2) is 5.65 Å². The number of imidazole rings is 1. The van der Waals surface area contributed by atoms with E-state index in [1.165, 1.54) is 4.52 Å². The second-order valence-electron chi connectivity index (χ2n) is 11.9. The lowest BCUT2D eigenvalue weighted by atomic mass is 10.0. The van der Waals surface area contributed by atoms with Crippen LogP contribution in [0, 0.1) is 0 Å². The summed E-state index contributed by atoms with van der Waals surface area (Å²) in [5.74, 6) is 1.66. The molecule has 0 aliphatic rings. The van der Waals surface area contributed by atoms with Gasteiger partial charge >= 0.3 is 0 Å². The summed E-state index contributed by atoms with van der Waals surface area (Å²) in [6.45, 7) is 8.11. The third-order valence-corrected chi connectivity index (χ3v) is 9.10. The van der Waals surface area contributed by atoms with Gasteiger partial charge in [-0.25, -0.2) is 9.97 Å². The third-order valence-electron chi connectivity index (χ3n) is 7.40. The molecule has 6 aromatic rings. The summed E-state index contributed by atoms with van der Waals surface area (Å²) in [6.07, 6.45) is 3.58. The normalized spacial score (nSPS) is 11.6. The number of ether oxygens (including phenoxy) is 2. The third kappa shape index (κ3) is 6.22. The van der Waals surface area contributed by atoms with Gasteiger partial charge in [0.1, 0.15) is 24.1 Å². The quantitative estimate of drug-likeness (QED) is 0.119. The minimum atomic E-state index is -1.18. The summed E-state index contributed by atoms with van der Waals surface area (Å²) in [7, 11) is 0.440. The van der Waals surface area contributed by atoms with Crippen molar-refractivity contribution in [3.8, 4) is 39.3 Å². The first kappa shape index (κ1) is 29.2. The van der Waals surface area contributed by atoms with Crippen LogP contribution in [-0.2, 0) is 11.5 Å². The molecule has 0 fully saturated rings. The molecule has 3 aromatic carbocycles. The van der Waals surface area contributed by atoms with Crippen molar-refractivity contribution in [3.63, 3.8) is 0 Å². The molecular weight excluding hydrogens is 568 g/mol. The Bertz CT molecular complexity index is 1920. The predicted molar refractivity (Wildman–Crippen MR) is 178 cm³/mol. The zero-order valence-electron chi connectivity index (χ0n) is 25.4. The first-order valence-corrected chi connectivity index (χ1v) is 18.3. The number of methoxy groups -OCH3 is 1. The van der Waals surface area contributed by atoms with Gasteiger partial charge in [0.25, 0.3) is 5.56 Å². The lowest BCUT2D eigenvalue weighted by molar-refractivity contribution is 0.0872. The smallest absolute Gasteiger partial charge is 0.282 e. The lowest BCUT2D eigenvalue weighted by Crippen LogP contribution is -2.21. The molecule has 0 saturated carbocycles. The number of aromatic nitrogens is 5. The van der Waals surface area contributed by atoms with E-state index in [-0.39, 0.29) is 5.56 Å².